The third-order valence-electron chi connectivity index (χ3n) is 2.74. The smallest absolute Gasteiger partial charge is 0.0834 e. The molecule has 0 spiro atoms. The van der Waals surface area contributed by atoms with Crippen LogP contribution in [0.1, 0.15) is 17.0 Å². The van der Waals surface area contributed by atoms with Crippen molar-refractivity contribution in [3.05, 3.63) is 71.8 Å². The predicted molar refractivity (Wildman–Crippen MR) is 73.2 cm³/mol. The highest BCUT2D eigenvalue weighted by Gasteiger charge is 2.13. The molecule has 1 atom stereocenters. The second kappa shape index (κ2) is 6.51. The summed E-state index contributed by atoms with van der Waals surface area (Å²) in [5.41, 5.74) is 7.96. The van der Waals surface area contributed by atoms with Gasteiger partial charge in [-0.3, -0.25) is 5.50 Å². The van der Waals surface area contributed by atoms with Gasteiger partial charge in [-0.2, -0.15) is 0 Å². The van der Waals surface area contributed by atoms with Gasteiger partial charge in [-0.05, 0) is 11.1 Å². The SMILES string of the molecule is NPOCC(c1ccccc1)c1ccccc1. The minimum Gasteiger partial charge on any atom is -0.346 e. The van der Waals surface area contributed by atoms with E-state index in [-0.39, 0.29) is 14.9 Å². The fraction of sp³-hybridized carbons (Fsp3) is 0.143. The molecule has 0 aliphatic heterocycles. The van der Waals surface area contributed by atoms with Crippen LogP contribution in [0.2, 0.25) is 0 Å². The first-order valence-electron chi connectivity index (χ1n) is 5.59. The Balaban J connectivity index is 2.26. The highest BCUT2D eigenvalue weighted by Crippen LogP contribution is 2.26. The first kappa shape index (κ1) is 12.3. The summed E-state index contributed by atoms with van der Waals surface area (Å²) in [6, 6.07) is 20.8. The summed E-state index contributed by atoms with van der Waals surface area (Å²) in [4.78, 5) is 0. The highest BCUT2D eigenvalue weighted by molar-refractivity contribution is 7.29. The second-order valence-electron chi connectivity index (χ2n) is 3.80. The van der Waals surface area contributed by atoms with Crippen LogP contribution in [-0.4, -0.2) is 6.61 Å². The summed E-state index contributed by atoms with van der Waals surface area (Å²) in [5.74, 6) is 0.258. The van der Waals surface area contributed by atoms with E-state index in [1.54, 1.807) is 0 Å². The Labute approximate surface area is 104 Å². The topological polar surface area (TPSA) is 35.2 Å². The van der Waals surface area contributed by atoms with E-state index < -0.39 is 0 Å². The van der Waals surface area contributed by atoms with Crippen molar-refractivity contribution in [3.8, 4) is 0 Å². The van der Waals surface area contributed by atoms with Crippen molar-refractivity contribution >= 4 is 8.96 Å². The van der Waals surface area contributed by atoms with Crippen molar-refractivity contribution in [1.29, 1.82) is 0 Å². The lowest BCUT2D eigenvalue weighted by Gasteiger charge is -2.17. The standard InChI is InChI=1S/C14H16NOP/c15-17-16-11-14(12-7-3-1-4-8-12)13-9-5-2-6-10-13/h1-10,14,17H,11,15H2. The lowest BCUT2D eigenvalue weighted by Crippen LogP contribution is -2.07. The molecule has 0 saturated carbocycles. The third kappa shape index (κ3) is 3.37. The third-order valence-corrected chi connectivity index (χ3v) is 3.07. The van der Waals surface area contributed by atoms with E-state index >= 15 is 0 Å². The maximum absolute atomic E-state index is 5.44. The van der Waals surface area contributed by atoms with Gasteiger partial charge in [0.1, 0.15) is 0 Å². The molecule has 0 fully saturated rings. The molecular weight excluding hydrogens is 229 g/mol. The summed E-state index contributed by atoms with van der Waals surface area (Å²) < 4.78 is 5.41. The molecule has 0 amide bonds. The predicted octanol–water partition coefficient (Wildman–Crippen LogP) is 3.30. The van der Waals surface area contributed by atoms with Gasteiger partial charge in [0.2, 0.25) is 0 Å². The molecule has 0 aromatic heterocycles. The molecule has 2 N–H and O–H groups in total. The minimum absolute atomic E-state index is 0.0404. The number of benzene rings is 2. The molecule has 2 aromatic rings. The van der Waals surface area contributed by atoms with Crippen LogP contribution >= 0.6 is 8.96 Å². The maximum atomic E-state index is 5.44. The maximum Gasteiger partial charge on any atom is 0.0834 e. The van der Waals surface area contributed by atoms with Crippen LogP contribution in [0.15, 0.2) is 60.7 Å². The molecule has 3 heteroatoms. The van der Waals surface area contributed by atoms with E-state index in [0.29, 0.717) is 6.61 Å². The van der Waals surface area contributed by atoms with E-state index in [4.69, 9.17) is 10.0 Å². The Bertz CT molecular complexity index is 393. The van der Waals surface area contributed by atoms with Crippen molar-refractivity contribution < 1.29 is 4.52 Å². The normalized spacial score (nSPS) is 11.4. The zero-order valence-corrected chi connectivity index (χ0v) is 10.5. The van der Waals surface area contributed by atoms with Gasteiger partial charge < -0.3 is 4.52 Å². The van der Waals surface area contributed by atoms with Gasteiger partial charge in [0.15, 0.2) is 0 Å². The highest BCUT2D eigenvalue weighted by atomic mass is 31.1. The fourth-order valence-corrected chi connectivity index (χ4v) is 2.15. The number of nitrogens with two attached hydrogens (primary N) is 1. The van der Waals surface area contributed by atoms with Crippen LogP contribution in [0.4, 0.5) is 0 Å². The first-order chi connectivity index (χ1) is 8.42. The van der Waals surface area contributed by atoms with Crippen LogP contribution in [0.3, 0.4) is 0 Å². The van der Waals surface area contributed by atoms with Crippen LogP contribution < -0.4 is 5.50 Å². The zero-order valence-electron chi connectivity index (χ0n) is 9.54. The van der Waals surface area contributed by atoms with E-state index in [9.17, 15) is 0 Å². The lowest BCUT2D eigenvalue weighted by atomic mass is 9.92. The monoisotopic (exact) mass is 245 g/mol. The molecule has 0 saturated heterocycles. The summed E-state index contributed by atoms with van der Waals surface area (Å²) in [6.07, 6.45) is 0. The number of hydrogen-bond donors (Lipinski definition) is 1. The van der Waals surface area contributed by atoms with Gasteiger partial charge >= 0.3 is 0 Å². The molecule has 2 aromatic carbocycles. The van der Waals surface area contributed by atoms with E-state index in [2.05, 4.69) is 48.5 Å². The van der Waals surface area contributed by atoms with Gasteiger partial charge in [0, 0.05) is 5.92 Å². The molecule has 1 unspecified atom stereocenters. The van der Waals surface area contributed by atoms with Crippen LogP contribution in [0.5, 0.6) is 0 Å². The second-order valence-corrected chi connectivity index (χ2v) is 4.33. The molecule has 0 aliphatic rings. The summed E-state index contributed by atoms with van der Waals surface area (Å²) in [7, 11) is 0.0404. The molecule has 88 valence electrons. The molecule has 0 bridgehead atoms. The van der Waals surface area contributed by atoms with Crippen molar-refractivity contribution in [1.82, 2.24) is 0 Å². The number of rotatable bonds is 5. The molecular formula is C14H16NOP. The van der Waals surface area contributed by atoms with Gasteiger partial charge in [-0.1, -0.05) is 60.7 Å². The average Bonchev–Trinajstić information content (AvgIpc) is 2.42. The molecule has 0 heterocycles. The fourth-order valence-electron chi connectivity index (χ4n) is 1.89. The first-order valence-corrected chi connectivity index (χ1v) is 6.57. The summed E-state index contributed by atoms with van der Waals surface area (Å²) >= 11 is 0. The molecule has 0 aliphatic carbocycles. The average molecular weight is 245 g/mol. The van der Waals surface area contributed by atoms with Crippen molar-refractivity contribution in [2.75, 3.05) is 6.61 Å². The van der Waals surface area contributed by atoms with Crippen molar-refractivity contribution in [2.24, 2.45) is 5.50 Å². The van der Waals surface area contributed by atoms with Gasteiger partial charge in [0.25, 0.3) is 0 Å². The van der Waals surface area contributed by atoms with Crippen LogP contribution in [-0.2, 0) is 4.52 Å². The lowest BCUT2D eigenvalue weighted by molar-refractivity contribution is 0.345. The largest absolute Gasteiger partial charge is 0.346 e. The molecule has 2 nitrogen and oxygen atoms in total. The van der Waals surface area contributed by atoms with Gasteiger partial charge in [-0.25, -0.2) is 0 Å². The Hall–Kier alpha value is -1.21. The van der Waals surface area contributed by atoms with Crippen molar-refractivity contribution in [3.63, 3.8) is 0 Å². The Kier molecular flexibility index (Phi) is 4.69. The van der Waals surface area contributed by atoms with Crippen molar-refractivity contribution in [2.45, 2.75) is 5.92 Å². The molecule has 17 heavy (non-hydrogen) atoms. The molecule has 2 rings (SSSR count). The quantitative estimate of drug-likeness (QED) is 0.820. The Morgan fingerprint density at radius 2 is 1.35 bits per heavy atom. The van der Waals surface area contributed by atoms with E-state index in [1.165, 1.54) is 11.1 Å². The van der Waals surface area contributed by atoms with Gasteiger partial charge in [-0.15, -0.1) is 0 Å². The summed E-state index contributed by atoms with van der Waals surface area (Å²) in [6.45, 7) is 0.628. The van der Waals surface area contributed by atoms with Crippen LogP contribution in [0, 0.1) is 0 Å². The minimum atomic E-state index is 0.0404. The van der Waals surface area contributed by atoms with E-state index in [0.717, 1.165) is 0 Å². The molecule has 0 radical (unpaired) electrons. The van der Waals surface area contributed by atoms with E-state index in [1.807, 2.05) is 12.1 Å². The number of hydrogen-bond acceptors (Lipinski definition) is 2. The zero-order chi connectivity index (χ0) is 11.9. The summed E-state index contributed by atoms with van der Waals surface area (Å²) in [5, 5.41) is 0. The van der Waals surface area contributed by atoms with Crippen LogP contribution in [0.25, 0.3) is 0 Å². The van der Waals surface area contributed by atoms with Gasteiger partial charge in [0.05, 0.1) is 15.6 Å². The Morgan fingerprint density at radius 1 is 0.882 bits per heavy atom. The Morgan fingerprint density at radius 3 is 1.76 bits per heavy atom.